The molecule has 0 bridgehead atoms. The number of anilines is 1. The third-order valence-electron chi connectivity index (χ3n) is 3.77. The average molecular weight is 271 g/mol. The third-order valence-corrected chi connectivity index (χ3v) is 3.77. The van der Waals surface area contributed by atoms with E-state index in [4.69, 9.17) is 9.84 Å². The Morgan fingerprint density at radius 3 is 2.53 bits per heavy atom. The minimum Gasteiger partial charge on any atom is -0.392 e. The molecule has 0 spiro atoms. The Bertz CT molecular complexity index is 430. The van der Waals surface area contributed by atoms with Crippen LogP contribution in [0.15, 0.2) is 12.1 Å². The first-order valence-electron chi connectivity index (χ1n) is 6.43. The summed E-state index contributed by atoms with van der Waals surface area (Å²) in [6.45, 7) is 2.79. The maximum atomic E-state index is 14.0. The highest BCUT2D eigenvalue weighted by molar-refractivity contribution is 5.51. The normalized spacial score (nSPS) is 23.7. The number of halogens is 2. The third kappa shape index (κ3) is 2.87. The Kier molecular flexibility index (Phi) is 4.37. The molecule has 1 heterocycles. The first-order valence-corrected chi connectivity index (χ1v) is 6.43. The number of rotatable bonds is 3. The Labute approximate surface area is 111 Å². The molecule has 3 nitrogen and oxygen atoms in total. The van der Waals surface area contributed by atoms with Crippen LogP contribution in [0, 0.1) is 17.6 Å². The summed E-state index contributed by atoms with van der Waals surface area (Å²) >= 11 is 0. The fraction of sp³-hybridized carbons (Fsp3) is 0.571. The molecule has 1 aliphatic rings. The van der Waals surface area contributed by atoms with Crippen molar-refractivity contribution in [2.75, 3.05) is 25.1 Å². The van der Waals surface area contributed by atoms with E-state index in [2.05, 4.69) is 6.92 Å². The SMILES string of the molecule is COC1CN(c2c(F)cc(CO)cc2F)CCC1C. The summed E-state index contributed by atoms with van der Waals surface area (Å²) in [5, 5.41) is 8.94. The lowest BCUT2D eigenvalue weighted by Gasteiger charge is -2.37. The molecule has 2 atom stereocenters. The van der Waals surface area contributed by atoms with Gasteiger partial charge in [0.15, 0.2) is 0 Å². The van der Waals surface area contributed by atoms with Crippen molar-refractivity contribution >= 4 is 5.69 Å². The smallest absolute Gasteiger partial charge is 0.149 e. The van der Waals surface area contributed by atoms with Gasteiger partial charge < -0.3 is 14.7 Å². The summed E-state index contributed by atoms with van der Waals surface area (Å²) in [5.74, 6) is -0.883. The molecule has 1 N–H and O–H groups in total. The highest BCUT2D eigenvalue weighted by Crippen LogP contribution is 2.30. The molecule has 106 valence electrons. The second-order valence-corrected chi connectivity index (χ2v) is 5.05. The van der Waals surface area contributed by atoms with Crippen LogP contribution in [0.4, 0.5) is 14.5 Å². The molecule has 0 amide bonds. The topological polar surface area (TPSA) is 32.7 Å². The van der Waals surface area contributed by atoms with Crippen molar-refractivity contribution in [1.82, 2.24) is 0 Å². The van der Waals surface area contributed by atoms with Crippen molar-refractivity contribution in [3.8, 4) is 0 Å². The molecule has 1 aliphatic heterocycles. The number of benzene rings is 1. The van der Waals surface area contributed by atoms with Crippen LogP contribution in [0.1, 0.15) is 18.9 Å². The zero-order valence-electron chi connectivity index (χ0n) is 11.2. The van der Waals surface area contributed by atoms with Crippen LogP contribution < -0.4 is 4.90 Å². The van der Waals surface area contributed by atoms with Gasteiger partial charge in [0.25, 0.3) is 0 Å². The van der Waals surface area contributed by atoms with Crippen LogP contribution in [0.25, 0.3) is 0 Å². The van der Waals surface area contributed by atoms with E-state index in [-0.39, 0.29) is 24.0 Å². The Morgan fingerprint density at radius 2 is 2.00 bits per heavy atom. The molecule has 0 aliphatic carbocycles. The number of hydrogen-bond donors (Lipinski definition) is 1. The molecule has 2 rings (SSSR count). The molecular formula is C14H19F2NO2. The van der Waals surface area contributed by atoms with Gasteiger partial charge >= 0.3 is 0 Å². The van der Waals surface area contributed by atoms with Gasteiger partial charge in [0, 0.05) is 20.2 Å². The van der Waals surface area contributed by atoms with E-state index in [0.717, 1.165) is 6.42 Å². The number of aliphatic hydroxyl groups excluding tert-OH is 1. The molecule has 1 saturated heterocycles. The molecule has 19 heavy (non-hydrogen) atoms. The van der Waals surface area contributed by atoms with E-state index in [1.807, 2.05) is 0 Å². The van der Waals surface area contributed by atoms with E-state index < -0.39 is 11.6 Å². The summed E-state index contributed by atoms with van der Waals surface area (Å²) in [6, 6.07) is 2.36. The summed E-state index contributed by atoms with van der Waals surface area (Å²) < 4.78 is 33.3. The van der Waals surface area contributed by atoms with Crippen LogP contribution in [-0.4, -0.2) is 31.4 Å². The highest BCUT2D eigenvalue weighted by Gasteiger charge is 2.29. The van der Waals surface area contributed by atoms with E-state index in [9.17, 15) is 8.78 Å². The average Bonchev–Trinajstić information content (AvgIpc) is 2.39. The van der Waals surface area contributed by atoms with Gasteiger partial charge in [0.1, 0.15) is 17.3 Å². The van der Waals surface area contributed by atoms with Gasteiger partial charge in [-0.3, -0.25) is 0 Å². The molecule has 0 radical (unpaired) electrons. The maximum absolute atomic E-state index is 14.0. The van der Waals surface area contributed by atoms with Crippen LogP contribution in [0.5, 0.6) is 0 Å². The Hall–Kier alpha value is -1.20. The molecule has 1 fully saturated rings. The number of methoxy groups -OCH3 is 1. The van der Waals surface area contributed by atoms with E-state index in [1.165, 1.54) is 12.1 Å². The minimum atomic E-state index is -0.631. The second kappa shape index (κ2) is 5.84. The van der Waals surface area contributed by atoms with E-state index in [1.54, 1.807) is 12.0 Å². The highest BCUT2D eigenvalue weighted by atomic mass is 19.1. The number of nitrogens with zero attached hydrogens (tertiary/aromatic N) is 1. The lowest BCUT2D eigenvalue weighted by Crippen LogP contribution is -2.44. The molecule has 0 aromatic heterocycles. The van der Waals surface area contributed by atoms with Crippen molar-refractivity contribution in [2.24, 2.45) is 5.92 Å². The van der Waals surface area contributed by atoms with Crippen molar-refractivity contribution in [3.63, 3.8) is 0 Å². The quantitative estimate of drug-likeness (QED) is 0.915. The maximum Gasteiger partial charge on any atom is 0.149 e. The number of aliphatic hydroxyl groups is 1. The van der Waals surface area contributed by atoms with E-state index in [0.29, 0.717) is 19.0 Å². The van der Waals surface area contributed by atoms with Crippen molar-refractivity contribution in [2.45, 2.75) is 26.1 Å². The van der Waals surface area contributed by atoms with Crippen LogP contribution in [0.2, 0.25) is 0 Å². The van der Waals surface area contributed by atoms with Crippen LogP contribution in [0.3, 0.4) is 0 Å². The Balaban J connectivity index is 2.27. The number of hydrogen-bond acceptors (Lipinski definition) is 3. The van der Waals surface area contributed by atoms with Gasteiger partial charge in [-0.25, -0.2) is 8.78 Å². The molecule has 0 saturated carbocycles. The van der Waals surface area contributed by atoms with Gasteiger partial charge in [-0.05, 0) is 30.0 Å². The number of piperidine rings is 1. The summed E-state index contributed by atoms with van der Waals surface area (Å²) in [4.78, 5) is 1.68. The first-order chi connectivity index (χ1) is 9.06. The zero-order valence-corrected chi connectivity index (χ0v) is 11.2. The summed E-state index contributed by atoms with van der Waals surface area (Å²) in [5.41, 5.74) is 0.221. The van der Waals surface area contributed by atoms with Crippen molar-refractivity contribution < 1.29 is 18.6 Å². The summed E-state index contributed by atoms with van der Waals surface area (Å²) in [7, 11) is 1.62. The zero-order chi connectivity index (χ0) is 14.0. The van der Waals surface area contributed by atoms with Gasteiger partial charge in [-0.2, -0.15) is 0 Å². The van der Waals surface area contributed by atoms with Crippen molar-refractivity contribution in [1.29, 1.82) is 0 Å². The van der Waals surface area contributed by atoms with E-state index >= 15 is 0 Å². The Morgan fingerprint density at radius 1 is 1.37 bits per heavy atom. The van der Waals surface area contributed by atoms with Crippen molar-refractivity contribution in [3.05, 3.63) is 29.3 Å². The lowest BCUT2D eigenvalue weighted by atomic mass is 9.95. The van der Waals surface area contributed by atoms with Gasteiger partial charge in [-0.15, -0.1) is 0 Å². The fourth-order valence-corrected chi connectivity index (χ4v) is 2.56. The van der Waals surface area contributed by atoms with Gasteiger partial charge in [0.2, 0.25) is 0 Å². The number of ether oxygens (including phenoxy) is 1. The monoisotopic (exact) mass is 271 g/mol. The lowest BCUT2D eigenvalue weighted by molar-refractivity contribution is 0.0495. The van der Waals surface area contributed by atoms with Crippen LogP contribution >= 0.6 is 0 Å². The standard InChI is InChI=1S/C14H19F2NO2/c1-9-3-4-17(7-13(9)19-2)14-11(15)5-10(8-18)6-12(14)16/h5-6,9,13,18H,3-4,7-8H2,1-2H3. The fourth-order valence-electron chi connectivity index (χ4n) is 2.56. The first kappa shape index (κ1) is 14.2. The largest absolute Gasteiger partial charge is 0.392 e. The second-order valence-electron chi connectivity index (χ2n) is 5.05. The summed E-state index contributed by atoms with van der Waals surface area (Å²) in [6.07, 6.45) is 0.809. The molecule has 1 aromatic carbocycles. The predicted molar refractivity (Wildman–Crippen MR) is 69.1 cm³/mol. The van der Waals surface area contributed by atoms with Crippen LogP contribution in [-0.2, 0) is 11.3 Å². The van der Waals surface area contributed by atoms with Gasteiger partial charge in [0.05, 0.1) is 12.7 Å². The molecule has 2 unspecified atom stereocenters. The molecule has 1 aromatic rings. The van der Waals surface area contributed by atoms with Gasteiger partial charge in [-0.1, -0.05) is 6.92 Å². The molecule has 5 heteroatoms. The minimum absolute atomic E-state index is 0.0221. The predicted octanol–water partition coefficient (Wildman–Crippen LogP) is 2.32. The molecular weight excluding hydrogens is 252 g/mol.